The summed E-state index contributed by atoms with van der Waals surface area (Å²) in [5.41, 5.74) is 3.34. The summed E-state index contributed by atoms with van der Waals surface area (Å²) in [4.78, 5) is 58.7. The lowest BCUT2D eigenvalue weighted by Crippen LogP contribution is -2.57. The van der Waals surface area contributed by atoms with Gasteiger partial charge in [0.2, 0.25) is 5.91 Å². The van der Waals surface area contributed by atoms with E-state index in [2.05, 4.69) is 10.3 Å². The number of benzene rings is 2. The van der Waals surface area contributed by atoms with Crippen molar-refractivity contribution in [3.05, 3.63) is 76.1 Å². The van der Waals surface area contributed by atoms with Crippen LogP contribution in [0.25, 0.3) is 0 Å². The van der Waals surface area contributed by atoms with Crippen LogP contribution in [0.3, 0.4) is 0 Å². The number of carbonyl (C=O) groups is 4. The highest BCUT2D eigenvalue weighted by Crippen LogP contribution is 2.30. The first-order valence-electron chi connectivity index (χ1n) is 15.6. The second-order valence-corrected chi connectivity index (χ2v) is 12.6. The number of aryl methyl sites for hydroxylation is 1. The van der Waals surface area contributed by atoms with Crippen molar-refractivity contribution < 1.29 is 33.4 Å². The monoisotopic (exact) mass is 630 g/mol. The molecule has 3 aromatic rings. The first kappa shape index (κ1) is 32.7. The average molecular weight is 631 g/mol. The quantitative estimate of drug-likeness (QED) is 0.392. The van der Waals surface area contributed by atoms with E-state index < -0.39 is 12.1 Å². The number of aromatic amines is 1. The predicted molar refractivity (Wildman–Crippen MR) is 172 cm³/mol. The Bertz CT molecular complexity index is 1650. The van der Waals surface area contributed by atoms with Crippen molar-refractivity contribution in [2.24, 2.45) is 5.92 Å². The molecule has 2 aromatic carbocycles. The highest BCUT2D eigenvalue weighted by atomic mass is 16.5. The number of fused-ring (bicyclic) bond motifs is 5. The maximum absolute atomic E-state index is 13.7. The minimum absolute atomic E-state index is 0.135. The number of likely N-dealkylation sites (tertiary alicyclic amines) is 1. The number of Topliss-reactive ketones (excluding diaryl/α,β-unsaturated/α-hetero) is 1. The Balaban J connectivity index is 1.42. The van der Waals surface area contributed by atoms with E-state index >= 15 is 0 Å². The van der Waals surface area contributed by atoms with E-state index in [-0.39, 0.29) is 49.1 Å². The molecule has 0 radical (unpaired) electrons. The Morgan fingerprint density at radius 1 is 1.09 bits per heavy atom. The maximum Gasteiger partial charge on any atom is 0.256 e. The molecule has 1 fully saturated rings. The minimum Gasteiger partial charge on any atom is -0.493 e. The molecule has 244 valence electrons. The number of aromatic nitrogens is 1. The zero-order valence-corrected chi connectivity index (χ0v) is 27.3. The Hall–Kier alpha value is -4.64. The largest absolute Gasteiger partial charge is 0.493 e. The van der Waals surface area contributed by atoms with Gasteiger partial charge in [0.05, 0.1) is 43.2 Å². The Morgan fingerprint density at radius 3 is 2.59 bits per heavy atom. The van der Waals surface area contributed by atoms with E-state index in [1.807, 2.05) is 38.1 Å². The zero-order chi connectivity index (χ0) is 33.1. The number of carbonyl (C=O) groups excluding carboxylic acids is 4. The second kappa shape index (κ2) is 13.8. The Morgan fingerprint density at radius 2 is 1.87 bits per heavy atom. The van der Waals surface area contributed by atoms with E-state index in [9.17, 15) is 19.2 Å². The van der Waals surface area contributed by atoms with Gasteiger partial charge in [-0.1, -0.05) is 26.0 Å². The van der Waals surface area contributed by atoms with Gasteiger partial charge in [-0.05, 0) is 61.6 Å². The summed E-state index contributed by atoms with van der Waals surface area (Å²) < 4.78 is 18.5. The molecule has 1 aromatic heterocycles. The number of nitrogens with one attached hydrogen (secondary N) is 2. The number of rotatable bonds is 5. The first-order valence-corrected chi connectivity index (χ1v) is 15.6. The second-order valence-electron chi connectivity index (χ2n) is 12.6. The van der Waals surface area contributed by atoms with Crippen LogP contribution in [0.15, 0.2) is 42.5 Å². The van der Waals surface area contributed by atoms with Crippen LogP contribution in [0.4, 0.5) is 0 Å². The number of hydrogen-bond acceptors (Lipinski definition) is 7. The van der Waals surface area contributed by atoms with Crippen LogP contribution < -0.4 is 14.8 Å². The molecule has 3 amide bonds. The number of ketones is 1. The predicted octanol–water partition coefficient (Wildman–Crippen LogP) is 4.66. The summed E-state index contributed by atoms with van der Waals surface area (Å²) in [5, 5.41) is 3.05. The van der Waals surface area contributed by atoms with Crippen LogP contribution in [-0.4, -0.2) is 83.7 Å². The summed E-state index contributed by atoms with van der Waals surface area (Å²) >= 11 is 0. The molecule has 2 N–H and O–H groups in total. The molecule has 46 heavy (non-hydrogen) atoms. The molecule has 0 saturated carbocycles. The molecule has 0 spiro atoms. The molecular weight excluding hydrogens is 588 g/mol. The standard InChI is InChI=1S/C35H42N4O7/c1-20(2)18-44-27-13-25-14-28(15-27)46-26-9-7-8-24(12-26)19-45-30-16-39(11-10-29(30)37-31(41)17-38(6)34(25)42)35(43)32-21(3)33(23(5)40)36-22(32)4/h7-9,12-15,20,29-30,36H,10-11,16-19H2,1-6H3,(H,37,41)/t29-,30-/m0/s1. The molecule has 5 rings (SSSR count). The number of nitrogens with zero attached hydrogens (tertiary/aromatic N) is 2. The van der Waals surface area contributed by atoms with Crippen molar-refractivity contribution in [3.8, 4) is 17.2 Å². The molecule has 11 heteroatoms. The molecule has 4 bridgehead atoms. The highest BCUT2D eigenvalue weighted by Gasteiger charge is 2.35. The van der Waals surface area contributed by atoms with Gasteiger partial charge in [0.15, 0.2) is 5.78 Å². The summed E-state index contributed by atoms with van der Waals surface area (Å²) in [6.07, 6.45) is -0.0794. The summed E-state index contributed by atoms with van der Waals surface area (Å²) in [6, 6.07) is 12.1. The molecule has 2 aliphatic rings. The van der Waals surface area contributed by atoms with Crippen LogP contribution in [0, 0.1) is 19.8 Å². The van der Waals surface area contributed by atoms with E-state index in [0.29, 0.717) is 64.9 Å². The van der Waals surface area contributed by atoms with Crippen LogP contribution in [0.5, 0.6) is 17.2 Å². The molecule has 3 heterocycles. The minimum atomic E-state index is -0.527. The van der Waals surface area contributed by atoms with Gasteiger partial charge in [0.25, 0.3) is 11.8 Å². The van der Waals surface area contributed by atoms with Crippen molar-refractivity contribution in [1.29, 1.82) is 0 Å². The van der Waals surface area contributed by atoms with Crippen LogP contribution >= 0.6 is 0 Å². The van der Waals surface area contributed by atoms with E-state index in [1.165, 1.54) is 11.8 Å². The third-order valence-electron chi connectivity index (χ3n) is 8.23. The van der Waals surface area contributed by atoms with Crippen LogP contribution in [-0.2, 0) is 16.1 Å². The van der Waals surface area contributed by atoms with Gasteiger partial charge in [-0.15, -0.1) is 0 Å². The van der Waals surface area contributed by atoms with E-state index in [0.717, 1.165) is 5.56 Å². The molecule has 11 nitrogen and oxygen atoms in total. The number of ether oxygens (including phenoxy) is 3. The van der Waals surface area contributed by atoms with Crippen molar-refractivity contribution in [2.75, 3.05) is 33.3 Å². The van der Waals surface area contributed by atoms with Gasteiger partial charge in [0, 0.05) is 44.4 Å². The topological polar surface area (TPSA) is 130 Å². The number of hydrogen-bond donors (Lipinski definition) is 2. The highest BCUT2D eigenvalue weighted by molar-refractivity contribution is 6.02. The van der Waals surface area contributed by atoms with E-state index in [1.54, 1.807) is 44.0 Å². The van der Waals surface area contributed by atoms with Crippen molar-refractivity contribution in [3.63, 3.8) is 0 Å². The number of H-pyrrole nitrogens is 1. The first-order chi connectivity index (χ1) is 21.9. The van der Waals surface area contributed by atoms with Crippen molar-refractivity contribution in [2.45, 2.75) is 59.8 Å². The number of amides is 3. The SMILES string of the molecule is CC(=O)c1[nH]c(C)c(C(=O)N2CC[C@@H]3NC(=O)CN(C)C(=O)c4cc(OCC(C)C)cc(c4)Oc4cccc(c4)CO[C@H]3C2)c1C. The lowest BCUT2D eigenvalue weighted by molar-refractivity contribution is -0.124. The normalized spacial score (nSPS) is 18.9. The fourth-order valence-electron chi connectivity index (χ4n) is 5.91. The molecule has 1 saturated heterocycles. The van der Waals surface area contributed by atoms with Crippen molar-refractivity contribution in [1.82, 2.24) is 20.1 Å². The lowest BCUT2D eigenvalue weighted by atomic mass is 9.99. The average Bonchev–Trinajstić information content (AvgIpc) is 3.31. The van der Waals surface area contributed by atoms with Crippen molar-refractivity contribution >= 4 is 23.5 Å². The Labute approximate surface area is 269 Å². The molecule has 2 aliphatic heterocycles. The van der Waals surface area contributed by atoms with Gasteiger partial charge in [-0.3, -0.25) is 19.2 Å². The lowest BCUT2D eigenvalue weighted by Gasteiger charge is -2.39. The number of piperidine rings is 1. The smallest absolute Gasteiger partial charge is 0.256 e. The third kappa shape index (κ3) is 7.42. The van der Waals surface area contributed by atoms with Crippen LogP contribution in [0.2, 0.25) is 0 Å². The zero-order valence-electron chi connectivity index (χ0n) is 27.3. The molecular formula is C35H42N4O7. The summed E-state index contributed by atoms with van der Waals surface area (Å²) in [5.74, 6) is 0.749. The van der Waals surface area contributed by atoms with Gasteiger partial charge >= 0.3 is 0 Å². The van der Waals surface area contributed by atoms with Gasteiger partial charge in [0.1, 0.15) is 17.2 Å². The van der Waals surface area contributed by atoms with Gasteiger partial charge in [-0.2, -0.15) is 0 Å². The summed E-state index contributed by atoms with van der Waals surface area (Å²) in [7, 11) is 1.57. The molecule has 0 unspecified atom stereocenters. The molecule has 0 aliphatic carbocycles. The Kier molecular flexibility index (Phi) is 9.81. The van der Waals surface area contributed by atoms with Gasteiger partial charge in [-0.25, -0.2) is 0 Å². The maximum atomic E-state index is 13.7. The fraction of sp³-hybridized carbons (Fsp3) is 0.429. The third-order valence-corrected chi connectivity index (χ3v) is 8.23. The number of likely N-dealkylation sites (N-methyl/N-ethyl adjacent to an activating group) is 1. The van der Waals surface area contributed by atoms with E-state index in [4.69, 9.17) is 14.2 Å². The fourth-order valence-corrected chi connectivity index (χ4v) is 5.91. The molecule has 2 atom stereocenters. The van der Waals surface area contributed by atoms with Gasteiger partial charge < -0.3 is 34.3 Å². The van der Waals surface area contributed by atoms with Crippen LogP contribution in [0.1, 0.15) is 75.2 Å². The summed E-state index contributed by atoms with van der Waals surface area (Å²) in [6.45, 7) is 10.2.